The molecule has 0 bridgehead atoms. The van der Waals surface area contributed by atoms with Gasteiger partial charge in [-0.15, -0.1) is 0 Å². The van der Waals surface area contributed by atoms with E-state index in [0.717, 1.165) is 17.0 Å². The van der Waals surface area contributed by atoms with E-state index in [2.05, 4.69) is 5.32 Å². The summed E-state index contributed by atoms with van der Waals surface area (Å²) in [6, 6.07) is 21.9. The first-order chi connectivity index (χ1) is 23.1. The Hall–Kier alpha value is -3.77. The van der Waals surface area contributed by atoms with Crippen LogP contribution in [0.1, 0.15) is 30.5 Å². The maximum absolute atomic E-state index is 14.6. The maximum Gasteiger partial charge on any atom is 0.417 e. The second kappa shape index (κ2) is 16.3. The van der Waals surface area contributed by atoms with Gasteiger partial charge in [-0.3, -0.25) is 13.9 Å². The third-order valence-corrected chi connectivity index (χ3v) is 10.3. The van der Waals surface area contributed by atoms with Crippen molar-refractivity contribution in [3.8, 4) is 0 Å². The van der Waals surface area contributed by atoms with Gasteiger partial charge in [-0.2, -0.15) is 13.2 Å². The summed E-state index contributed by atoms with van der Waals surface area (Å²) in [6.07, 6.45) is -4.91. The van der Waals surface area contributed by atoms with Crippen LogP contribution in [0.2, 0.25) is 15.1 Å². The molecule has 1 atom stereocenters. The first-order valence-corrected chi connectivity index (χ1v) is 17.7. The molecule has 14 heteroatoms. The van der Waals surface area contributed by atoms with E-state index in [9.17, 15) is 31.2 Å². The van der Waals surface area contributed by atoms with Gasteiger partial charge in [0, 0.05) is 35.1 Å². The molecule has 49 heavy (non-hydrogen) atoms. The number of carbonyl (C=O) groups excluding carboxylic acids is 2. The van der Waals surface area contributed by atoms with Crippen molar-refractivity contribution in [3.05, 3.63) is 129 Å². The molecule has 0 aliphatic heterocycles. The maximum atomic E-state index is 14.6. The fourth-order valence-corrected chi connectivity index (χ4v) is 7.13. The number of hydrogen-bond donors (Lipinski definition) is 1. The lowest BCUT2D eigenvalue weighted by Crippen LogP contribution is -2.53. The minimum atomic E-state index is -4.93. The number of amides is 2. The molecular weight excluding hydrogens is 722 g/mol. The summed E-state index contributed by atoms with van der Waals surface area (Å²) >= 11 is 18.9. The van der Waals surface area contributed by atoms with Crippen molar-refractivity contribution in [3.63, 3.8) is 0 Å². The van der Waals surface area contributed by atoms with Gasteiger partial charge in [0.2, 0.25) is 11.8 Å². The van der Waals surface area contributed by atoms with Crippen LogP contribution in [-0.4, -0.2) is 44.3 Å². The lowest BCUT2D eigenvalue weighted by Gasteiger charge is -2.34. The van der Waals surface area contributed by atoms with E-state index in [0.29, 0.717) is 15.9 Å². The molecule has 2 amide bonds. The topological polar surface area (TPSA) is 86.8 Å². The molecule has 0 saturated heterocycles. The molecule has 0 spiro atoms. The lowest BCUT2D eigenvalue weighted by molar-refractivity contribution is -0.140. The van der Waals surface area contributed by atoms with E-state index in [4.69, 9.17) is 34.8 Å². The number of sulfonamides is 1. The molecule has 0 aromatic heterocycles. The molecule has 0 unspecified atom stereocenters. The van der Waals surface area contributed by atoms with Gasteiger partial charge in [-0.05, 0) is 53.9 Å². The number of rotatable bonds is 13. The third kappa shape index (κ3) is 9.69. The Balaban J connectivity index is 1.88. The highest BCUT2D eigenvalue weighted by Crippen LogP contribution is 2.38. The number of alkyl halides is 3. The highest BCUT2D eigenvalue weighted by molar-refractivity contribution is 7.92. The first kappa shape index (κ1) is 38.0. The molecule has 4 rings (SSSR count). The zero-order valence-corrected chi connectivity index (χ0v) is 29.5. The second-order valence-corrected chi connectivity index (χ2v) is 14.6. The molecule has 4 aromatic rings. The van der Waals surface area contributed by atoms with Crippen molar-refractivity contribution >= 4 is 62.3 Å². The Morgan fingerprint density at radius 3 is 1.98 bits per heavy atom. The Kier molecular flexibility index (Phi) is 12.6. The summed E-state index contributed by atoms with van der Waals surface area (Å²) in [4.78, 5) is 29.3. The molecule has 0 heterocycles. The number of nitrogens with one attached hydrogen (secondary N) is 1. The van der Waals surface area contributed by atoms with E-state index >= 15 is 0 Å². The van der Waals surface area contributed by atoms with E-state index in [1.807, 2.05) is 13.8 Å². The Morgan fingerprint density at radius 2 is 1.41 bits per heavy atom. The molecule has 0 saturated carbocycles. The number of hydrogen-bond acceptors (Lipinski definition) is 4. The average Bonchev–Trinajstić information content (AvgIpc) is 3.05. The SMILES string of the molecule is CC(C)CNC(=O)[C@@H](Cc1ccccc1)N(Cc1c(Cl)cccc1Cl)C(=O)CN(c1ccc(Cl)c(C(F)(F)F)c1)S(=O)(=O)c1ccccc1. The van der Waals surface area contributed by atoms with Gasteiger partial charge < -0.3 is 10.2 Å². The highest BCUT2D eigenvalue weighted by atomic mass is 35.5. The summed E-state index contributed by atoms with van der Waals surface area (Å²) in [5, 5.41) is 2.58. The minimum Gasteiger partial charge on any atom is -0.354 e. The molecule has 7 nitrogen and oxygen atoms in total. The smallest absolute Gasteiger partial charge is 0.354 e. The van der Waals surface area contributed by atoms with Gasteiger partial charge in [0.15, 0.2) is 0 Å². The molecule has 0 aliphatic rings. The van der Waals surface area contributed by atoms with Crippen LogP contribution in [0.5, 0.6) is 0 Å². The molecular formula is C35H33Cl3F3N3O4S. The third-order valence-electron chi connectivity index (χ3n) is 7.50. The van der Waals surface area contributed by atoms with Gasteiger partial charge >= 0.3 is 6.18 Å². The molecule has 0 radical (unpaired) electrons. The Bertz CT molecular complexity index is 1860. The summed E-state index contributed by atoms with van der Waals surface area (Å²) in [7, 11) is -4.65. The van der Waals surface area contributed by atoms with Gasteiger partial charge in [0.1, 0.15) is 12.6 Å². The summed E-state index contributed by atoms with van der Waals surface area (Å²) in [6.45, 7) is 2.76. The van der Waals surface area contributed by atoms with Gasteiger partial charge in [0.05, 0.1) is 21.2 Å². The van der Waals surface area contributed by atoms with Crippen LogP contribution in [0.25, 0.3) is 0 Å². The lowest BCUT2D eigenvalue weighted by atomic mass is 10.0. The average molecular weight is 755 g/mol. The summed E-state index contributed by atoms with van der Waals surface area (Å²) in [5.74, 6) is -1.38. The second-order valence-electron chi connectivity index (χ2n) is 11.6. The van der Waals surface area contributed by atoms with Crippen LogP contribution in [0.3, 0.4) is 0 Å². The van der Waals surface area contributed by atoms with E-state index in [1.54, 1.807) is 54.6 Å². The predicted molar refractivity (Wildman–Crippen MR) is 186 cm³/mol. The van der Waals surface area contributed by atoms with Crippen LogP contribution >= 0.6 is 34.8 Å². The van der Waals surface area contributed by atoms with Crippen molar-refractivity contribution in [2.75, 3.05) is 17.4 Å². The monoisotopic (exact) mass is 753 g/mol. The first-order valence-electron chi connectivity index (χ1n) is 15.1. The van der Waals surface area contributed by atoms with Crippen LogP contribution in [-0.2, 0) is 38.8 Å². The normalized spacial score (nSPS) is 12.4. The number of nitrogens with zero attached hydrogens (tertiary/aromatic N) is 2. The summed E-state index contributed by atoms with van der Waals surface area (Å²) < 4.78 is 70.6. The number of anilines is 1. The predicted octanol–water partition coefficient (Wildman–Crippen LogP) is 8.27. The molecule has 260 valence electrons. The van der Waals surface area contributed by atoms with Gasteiger partial charge in [-0.1, -0.05) is 103 Å². The van der Waals surface area contributed by atoms with Crippen LogP contribution in [0, 0.1) is 5.92 Å². The van der Waals surface area contributed by atoms with Gasteiger partial charge in [0.25, 0.3) is 10.0 Å². The zero-order valence-electron chi connectivity index (χ0n) is 26.4. The van der Waals surface area contributed by atoms with Crippen LogP contribution < -0.4 is 9.62 Å². The van der Waals surface area contributed by atoms with Crippen molar-refractivity contribution in [2.24, 2.45) is 5.92 Å². The fourth-order valence-electron chi connectivity index (χ4n) is 4.96. The minimum absolute atomic E-state index is 0.0170. The van der Waals surface area contributed by atoms with Crippen LogP contribution in [0.15, 0.2) is 102 Å². The number of halogens is 6. The van der Waals surface area contributed by atoms with Crippen molar-refractivity contribution in [1.82, 2.24) is 10.2 Å². The zero-order chi connectivity index (χ0) is 35.9. The quantitative estimate of drug-likeness (QED) is 0.149. The van der Waals surface area contributed by atoms with E-state index in [-0.39, 0.29) is 45.9 Å². The Morgan fingerprint density at radius 1 is 0.816 bits per heavy atom. The summed E-state index contributed by atoms with van der Waals surface area (Å²) in [5.41, 5.74) is -0.774. The highest BCUT2D eigenvalue weighted by Gasteiger charge is 2.38. The largest absolute Gasteiger partial charge is 0.417 e. The molecule has 0 fully saturated rings. The van der Waals surface area contributed by atoms with Gasteiger partial charge in [-0.25, -0.2) is 8.42 Å². The molecule has 0 aliphatic carbocycles. The number of carbonyl (C=O) groups is 2. The van der Waals surface area contributed by atoms with Crippen molar-refractivity contribution in [2.45, 2.75) is 43.9 Å². The number of benzene rings is 4. The molecule has 1 N–H and O–H groups in total. The standard InChI is InChI=1S/C35H33Cl3F3N3O4S/c1-23(2)20-42-34(46)32(18-24-10-5-3-6-11-24)43(21-27-29(36)14-9-15-30(27)37)33(45)22-44(49(47,48)26-12-7-4-8-13-26)25-16-17-31(38)28(19-25)35(39,40)41/h3-17,19,23,32H,18,20-22H2,1-2H3,(H,42,46)/t32-/m1/s1. The van der Waals surface area contributed by atoms with Crippen LogP contribution in [0.4, 0.5) is 18.9 Å². The van der Waals surface area contributed by atoms with Crippen molar-refractivity contribution in [1.29, 1.82) is 0 Å². The van der Waals surface area contributed by atoms with E-state index < -0.39 is 56.9 Å². The molecule has 4 aromatic carbocycles. The fraction of sp³-hybridized carbons (Fsp3) is 0.257. The van der Waals surface area contributed by atoms with Crippen molar-refractivity contribution < 1.29 is 31.2 Å². The van der Waals surface area contributed by atoms with E-state index in [1.165, 1.54) is 24.3 Å². The Labute approximate surface area is 298 Å².